The van der Waals surface area contributed by atoms with Crippen molar-refractivity contribution in [1.82, 2.24) is 20.2 Å². The number of rotatable bonds is 3. The molecule has 0 radical (unpaired) electrons. The average molecular weight is 421 g/mol. The molecule has 0 aliphatic carbocycles. The van der Waals surface area contributed by atoms with Crippen molar-refractivity contribution < 1.29 is 14.5 Å². The molecule has 3 heterocycles. The van der Waals surface area contributed by atoms with Crippen LogP contribution in [0.3, 0.4) is 0 Å². The van der Waals surface area contributed by atoms with Crippen LogP contribution >= 0.6 is 0 Å². The number of alkyl halides is 3. The van der Waals surface area contributed by atoms with Gasteiger partial charge in [-0.3, -0.25) is 4.99 Å². The normalized spacial score (nSPS) is 17.0. The molecule has 31 heavy (non-hydrogen) atoms. The number of hydrogen-bond donors (Lipinski definition) is 1. The number of aromatic nitrogens is 4. The number of hydrogen-bond acceptors (Lipinski definition) is 5. The molecule has 1 aliphatic heterocycles. The topological polar surface area (TPSA) is 70.1 Å². The van der Waals surface area contributed by atoms with Crippen LogP contribution in [0.15, 0.2) is 72.0 Å². The highest BCUT2D eigenvalue weighted by Gasteiger charge is 2.30. The van der Waals surface area contributed by atoms with E-state index < -0.39 is 18.4 Å². The second-order valence-electron chi connectivity index (χ2n) is 6.86. The van der Waals surface area contributed by atoms with Crippen LogP contribution in [0.1, 0.15) is 12.6 Å². The van der Waals surface area contributed by atoms with Gasteiger partial charge >= 0.3 is 6.18 Å². The summed E-state index contributed by atoms with van der Waals surface area (Å²) in [6.45, 7) is -0.893. The minimum absolute atomic E-state index is 0.297. The molecule has 0 spiro atoms. The number of imidazole rings is 1. The van der Waals surface area contributed by atoms with Crippen LogP contribution in [0.4, 0.5) is 18.9 Å². The fourth-order valence-electron chi connectivity index (χ4n) is 3.27. The van der Waals surface area contributed by atoms with Crippen LogP contribution in [-0.4, -0.2) is 33.0 Å². The SMILES string of the molecule is [2H]C1N=CC(c2cccnn2)=CN1c1cccc(-c2nc3ccc(C(F)(F)F)cc3[nH]2)c1. The molecule has 1 aliphatic rings. The first-order chi connectivity index (χ1) is 15.4. The highest BCUT2D eigenvalue weighted by atomic mass is 19.4. The summed E-state index contributed by atoms with van der Waals surface area (Å²) in [5, 5.41) is 7.95. The Bertz CT molecular complexity index is 1350. The summed E-state index contributed by atoms with van der Waals surface area (Å²) in [5.74, 6) is 0.432. The molecule has 0 bridgehead atoms. The first kappa shape index (κ1) is 17.8. The van der Waals surface area contributed by atoms with Crippen molar-refractivity contribution in [2.75, 3.05) is 11.5 Å². The summed E-state index contributed by atoms with van der Waals surface area (Å²) in [4.78, 5) is 13.3. The molecule has 9 heteroatoms. The number of aliphatic imine (C=N–C) groups is 1. The van der Waals surface area contributed by atoms with Crippen LogP contribution in [-0.2, 0) is 6.18 Å². The maximum absolute atomic E-state index is 13.0. The number of halogens is 3. The van der Waals surface area contributed by atoms with E-state index in [-0.39, 0.29) is 0 Å². The highest BCUT2D eigenvalue weighted by Crippen LogP contribution is 2.32. The molecule has 0 amide bonds. The van der Waals surface area contributed by atoms with Crippen molar-refractivity contribution in [1.29, 1.82) is 0 Å². The Morgan fingerprint density at radius 1 is 1.06 bits per heavy atom. The van der Waals surface area contributed by atoms with Crippen molar-refractivity contribution in [3.63, 3.8) is 0 Å². The molecule has 5 rings (SSSR count). The quantitative estimate of drug-likeness (QED) is 0.509. The van der Waals surface area contributed by atoms with Gasteiger partial charge in [-0.2, -0.15) is 23.4 Å². The van der Waals surface area contributed by atoms with Gasteiger partial charge < -0.3 is 9.88 Å². The van der Waals surface area contributed by atoms with Crippen LogP contribution in [0.2, 0.25) is 0 Å². The zero-order valence-electron chi connectivity index (χ0n) is 16.9. The molecule has 1 unspecified atom stereocenters. The first-order valence-corrected chi connectivity index (χ1v) is 9.29. The van der Waals surface area contributed by atoms with Gasteiger partial charge in [-0.25, -0.2) is 4.98 Å². The number of fused-ring (bicyclic) bond motifs is 1. The number of H-pyrrole nitrogens is 1. The largest absolute Gasteiger partial charge is 0.416 e. The Balaban J connectivity index is 1.51. The fourth-order valence-corrected chi connectivity index (χ4v) is 3.27. The predicted octanol–water partition coefficient (Wildman–Crippen LogP) is 4.93. The maximum atomic E-state index is 13.0. The van der Waals surface area contributed by atoms with Crippen LogP contribution in [0.5, 0.6) is 0 Å². The second-order valence-corrected chi connectivity index (χ2v) is 6.86. The van der Waals surface area contributed by atoms with E-state index in [2.05, 4.69) is 25.2 Å². The third-order valence-electron chi connectivity index (χ3n) is 4.78. The van der Waals surface area contributed by atoms with E-state index in [1.807, 2.05) is 6.07 Å². The summed E-state index contributed by atoms with van der Waals surface area (Å²) < 4.78 is 47.3. The van der Waals surface area contributed by atoms with Gasteiger partial charge in [0.25, 0.3) is 0 Å². The van der Waals surface area contributed by atoms with Crippen LogP contribution in [0, 0.1) is 0 Å². The summed E-state index contributed by atoms with van der Waals surface area (Å²) in [6, 6.07) is 14.2. The number of allylic oxidation sites excluding steroid dienone is 1. The molecular formula is C22H15F3N6. The smallest absolute Gasteiger partial charge is 0.338 e. The number of benzene rings is 2. The minimum atomic E-state index is -4.43. The Kier molecular flexibility index (Phi) is 4.22. The second kappa shape index (κ2) is 7.35. The van der Waals surface area contributed by atoms with Gasteiger partial charge in [-0.1, -0.05) is 12.1 Å². The van der Waals surface area contributed by atoms with Gasteiger partial charge in [-0.15, -0.1) is 0 Å². The molecule has 154 valence electrons. The zero-order chi connectivity index (χ0) is 22.3. The Labute approximate surface area is 176 Å². The Hall–Kier alpha value is -4.01. The van der Waals surface area contributed by atoms with Crippen molar-refractivity contribution in [3.8, 4) is 11.4 Å². The minimum Gasteiger partial charge on any atom is -0.338 e. The lowest BCUT2D eigenvalue weighted by Gasteiger charge is -2.22. The van der Waals surface area contributed by atoms with Gasteiger partial charge in [0.1, 0.15) is 12.5 Å². The number of anilines is 1. The standard InChI is InChI=1S/C22H15F3N6/c23-22(24,25)16-6-7-19-20(10-16)29-21(28-19)14-3-1-4-17(9-14)31-12-15(11-26-13-31)18-5-2-8-27-30-18/h1-12H,13H2,(H,28,29)/i13D. The molecule has 2 aromatic carbocycles. The molecule has 2 aromatic heterocycles. The summed E-state index contributed by atoms with van der Waals surface area (Å²) in [7, 11) is 0. The lowest BCUT2D eigenvalue weighted by atomic mass is 10.1. The molecule has 1 atom stereocenters. The summed E-state index contributed by atoms with van der Waals surface area (Å²) >= 11 is 0. The van der Waals surface area contributed by atoms with Crippen molar-refractivity contribution in [2.24, 2.45) is 4.99 Å². The third-order valence-corrected chi connectivity index (χ3v) is 4.78. The number of nitrogens with zero attached hydrogens (tertiary/aromatic N) is 5. The third kappa shape index (κ3) is 3.77. The van der Waals surface area contributed by atoms with E-state index in [9.17, 15) is 13.2 Å². The van der Waals surface area contributed by atoms with E-state index in [1.165, 1.54) is 6.07 Å². The fraction of sp³-hybridized carbons (Fsp3) is 0.0909. The molecule has 1 N–H and O–H groups in total. The number of aromatic amines is 1. The lowest BCUT2D eigenvalue weighted by molar-refractivity contribution is -0.137. The van der Waals surface area contributed by atoms with Crippen molar-refractivity contribution >= 4 is 28.5 Å². The van der Waals surface area contributed by atoms with Gasteiger partial charge in [-0.05, 0) is 42.5 Å². The molecule has 0 saturated carbocycles. The molecule has 6 nitrogen and oxygen atoms in total. The van der Waals surface area contributed by atoms with Gasteiger partial charge in [0.05, 0.1) is 23.7 Å². The van der Waals surface area contributed by atoms with E-state index in [0.29, 0.717) is 39.4 Å². The molecule has 0 saturated heterocycles. The summed E-state index contributed by atoms with van der Waals surface area (Å²) in [5.41, 5.74) is 2.67. The van der Waals surface area contributed by atoms with Crippen LogP contribution in [0.25, 0.3) is 28.0 Å². The monoisotopic (exact) mass is 421 g/mol. The average Bonchev–Trinajstić information content (AvgIpc) is 3.23. The first-order valence-electron chi connectivity index (χ1n) is 9.87. The van der Waals surface area contributed by atoms with Gasteiger partial charge in [0.2, 0.25) is 0 Å². The van der Waals surface area contributed by atoms with Gasteiger partial charge in [0.15, 0.2) is 0 Å². The molecular weight excluding hydrogens is 405 g/mol. The zero-order valence-corrected chi connectivity index (χ0v) is 15.9. The summed E-state index contributed by atoms with van der Waals surface area (Å²) in [6.07, 6.45) is 0.496. The van der Waals surface area contributed by atoms with Crippen LogP contribution < -0.4 is 4.90 Å². The molecule has 0 fully saturated rings. The number of nitrogens with one attached hydrogen (secondary N) is 1. The molecule has 4 aromatic rings. The Morgan fingerprint density at radius 3 is 2.77 bits per heavy atom. The van der Waals surface area contributed by atoms with Crippen molar-refractivity contribution in [3.05, 3.63) is 78.3 Å². The lowest BCUT2D eigenvalue weighted by Crippen LogP contribution is -2.20. The van der Waals surface area contributed by atoms with E-state index in [4.69, 9.17) is 1.37 Å². The highest BCUT2D eigenvalue weighted by molar-refractivity contribution is 6.10. The van der Waals surface area contributed by atoms with Gasteiger partial charge in [0, 0.05) is 35.4 Å². The van der Waals surface area contributed by atoms with E-state index in [1.54, 1.807) is 53.8 Å². The Morgan fingerprint density at radius 2 is 1.97 bits per heavy atom. The predicted molar refractivity (Wildman–Crippen MR) is 112 cm³/mol. The van der Waals surface area contributed by atoms with E-state index in [0.717, 1.165) is 12.1 Å². The van der Waals surface area contributed by atoms with E-state index >= 15 is 0 Å². The maximum Gasteiger partial charge on any atom is 0.416 e. The van der Waals surface area contributed by atoms with Crippen molar-refractivity contribution in [2.45, 2.75) is 6.18 Å².